The van der Waals surface area contributed by atoms with E-state index in [0.717, 1.165) is 0 Å². The van der Waals surface area contributed by atoms with Crippen molar-refractivity contribution in [3.63, 3.8) is 0 Å². The van der Waals surface area contributed by atoms with Crippen LogP contribution >= 0.6 is 0 Å². The van der Waals surface area contributed by atoms with Gasteiger partial charge in [0.1, 0.15) is 0 Å². The van der Waals surface area contributed by atoms with E-state index in [1.807, 2.05) is 0 Å². The minimum atomic E-state index is -3.04. The third kappa shape index (κ3) is 7.51. The van der Waals surface area contributed by atoms with Crippen LogP contribution in [0.15, 0.2) is 0 Å². The number of rotatable bonds is 3. The van der Waals surface area contributed by atoms with Gasteiger partial charge in [0, 0.05) is 6.42 Å². The summed E-state index contributed by atoms with van der Waals surface area (Å²) < 4.78 is 20.7. The summed E-state index contributed by atoms with van der Waals surface area (Å²) >= 11 is 0. The predicted octanol–water partition coefficient (Wildman–Crippen LogP) is 0.606. The van der Waals surface area contributed by atoms with Crippen LogP contribution in [0.25, 0.3) is 0 Å². The second-order valence-electron chi connectivity index (χ2n) is 1.76. The molecule has 0 amide bonds. The van der Waals surface area contributed by atoms with Gasteiger partial charge in [0.2, 0.25) is 0 Å². The van der Waals surface area contributed by atoms with Crippen LogP contribution in [0.2, 0.25) is 0 Å². The van der Waals surface area contributed by atoms with E-state index in [-0.39, 0.29) is 5.75 Å². The van der Waals surface area contributed by atoms with Gasteiger partial charge in [-0.2, -0.15) is 0 Å². The fraction of sp³-hybridized carbons (Fsp3) is 0.500. The van der Waals surface area contributed by atoms with Crippen LogP contribution in [0.3, 0.4) is 0 Å². The molecule has 0 bridgehead atoms. The van der Waals surface area contributed by atoms with Gasteiger partial charge in [0.25, 0.3) is 0 Å². The highest BCUT2D eigenvalue weighted by Gasteiger charge is 1.98. The molecule has 0 atom stereocenters. The molecule has 0 saturated heterocycles. The molecule has 0 aliphatic rings. The first-order valence-corrected chi connectivity index (χ1v) is 4.37. The van der Waals surface area contributed by atoms with Crippen LogP contribution in [-0.4, -0.2) is 14.2 Å². The molecule has 51 valence electrons. The van der Waals surface area contributed by atoms with E-state index in [4.69, 9.17) is 6.42 Å². The molecule has 0 aromatic rings. The Kier molecular flexibility index (Phi) is 3.33. The van der Waals surface area contributed by atoms with Gasteiger partial charge < -0.3 is 0 Å². The zero-order chi connectivity index (χ0) is 7.33. The second kappa shape index (κ2) is 3.52. The van der Waals surface area contributed by atoms with Crippen LogP contribution < -0.4 is 0 Å². The lowest BCUT2D eigenvalue weighted by Gasteiger charge is -1.90. The molecule has 2 nitrogen and oxygen atoms in total. The van der Waals surface area contributed by atoms with E-state index in [9.17, 15) is 8.42 Å². The summed E-state index contributed by atoms with van der Waals surface area (Å²) in [7, 11) is -3.04. The molecule has 0 spiro atoms. The Morgan fingerprint density at radius 2 is 2.11 bits per heavy atom. The smallest absolute Gasteiger partial charge is 0.151 e. The Morgan fingerprint density at radius 1 is 1.56 bits per heavy atom. The van der Waals surface area contributed by atoms with Gasteiger partial charge in [-0.1, -0.05) is 0 Å². The van der Waals surface area contributed by atoms with Gasteiger partial charge in [-0.05, 0) is 6.42 Å². The molecular weight excluding hydrogens is 136 g/mol. The van der Waals surface area contributed by atoms with Gasteiger partial charge >= 0.3 is 0 Å². The summed E-state index contributed by atoms with van der Waals surface area (Å²) in [6.45, 7) is 0. The van der Waals surface area contributed by atoms with Crippen molar-refractivity contribution in [1.82, 2.24) is 0 Å². The van der Waals surface area contributed by atoms with Gasteiger partial charge in [0.05, 0.1) is 12.0 Å². The minimum Gasteiger partial charge on any atom is -0.229 e. The third-order valence-corrected chi connectivity index (χ3v) is 1.69. The fourth-order valence-corrected chi connectivity index (χ4v) is 0.978. The summed E-state index contributed by atoms with van der Waals surface area (Å²) in [5.74, 6) is 2.44. The Bertz CT molecular complexity index is 196. The molecule has 0 N–H and O–H groups in total. The van der Waals surface area contributed by atoms with E-state index < -0.39 is 9.84 Å². The highest BCUT2D eigenvalue weighted by Crippen LogP contribution is 1.93. The molecule has 0 aromatic carbocycles. The zero-order valence-electron chi connectivity index (χ0n) is 5.13. The van der Waals surface area contributed by atoms with Crippen molar-refractivity contribution in [3.8, 4) is 12.3 Å². The van der Waals surface area contributed by atoms with E-state index >= 15 is 0 Å². The Labute approximate surface area is 56.2 Å². The molecule has 1 radical (unpaired) electrons. The third-order valence-electron chi connectivity index (χ3n) is 0.776. The van der Waals surface area contributed by atoms with Crippen LogP contribution in [0, 0.1) is 18.6 Å². The van der Waals surface area contributed by atoms with Gasteiger partial charge in [-0.25, -0.2) is 8.42 Å². The SMILES string of the molecule is C#CCCCS([CH2])(=O)=O. The highest BCUT2D eigenvalue weighted by molar-refractivity contribution is 7.92. The number of terminal acetylenes is 1. The van der Waals surface area contributed by atoms with Crippen molar-refractivity contribution in [2.75, 3.05) is 5.75 Å². The van der Waals surface area contributed by atoms with E-state index in [1.165, 1.54) is 0 Å². The van der Waals surface area contributed by atoms with Crippen LogP contribution in [0.4, 0.5) is 0 Å². The molecule has 0 aromatic heterocycles. The average Bonchev–Trinajstić information content (AvgIpc) is 1.63. The highest BCUT2D eigenvalue weighted by atomic mass is 32.2. The maximum Gasteiger partial charge on any atom is 0.151 e. The number of hydrogen-bond acceptors (Lipinski definition) is 2. The average molecular weight is 145 g/mol. The second-order valence-corrected chi connectivity index (χ2v) is 3.65. The van der Waals surface area contributed by atoms with Crippen molar-refractivity contribution in [2.24, 2.45) is 0 Å². The summed E-state index contributed by atoms with van der Waals surface area (Å²) in [5, 5.41) is 0. The first-order valence-electron chi connectivity index (χ1n) is 2.55. The maximum absolute atomic E-state index is 10.3. The number of sulfone groups is 1. The van der Waals surface area contributed by atoms with Crippen molar-refractivity contribution in [1.29, 1.82) is 0 Å². The van der Waals surface area contributed by atoms with Crippen LogP contribution in [-0.2, 0) is 9.84 Å². The number of unbranched alkanes of at least 4 members (excludes halogenated alkanes) is 1. The summed E-state index contributed by atoms with van der Waals surface area (Å²) in [6, 6.07) is 0. The predicted molar refractivity (Wildman–Crippen MR) is 37.2 cm³/mol. The zero-order valence-corrected chi connectivity index (χ0v) is 5.95. The maximum atomic E-state index is 10.3. The molecule has 9 heavy (non-hydrogen) atoms. The first-order chi connectivity index (χ1) is 4.06. The van der Waals surface area contributed by atoms with Gasteiger partial charge in [0.15, 0.2) is 9.84 Å². The van der Waals surface area contributed by atoms with Gasteiger partial charge in [-0.15, -0.1) is 12.3 Å². The van der Waals surface area contributed by atoms with Crippen LogP contribution in [0.5, 0.6) is 0 Å². The monoisotopic (exact) mass is 145 g/mol. The lowest BCUT2D eigenvalue weighted by molar-refractivity contribution is 0.602. The van der Waals surface area contributed by atoms with Crippen LogP contribution in [0.1, 0.15) is 12.8 Å². The summed E-state index contributed by atoms with van der Waals surface area (Å²) in [4.78, 5) is 0. The fourth-order valence-electron chi connectivity index (χ4n) is 0.394. The standard InChI is InChI=1S/C6H9O2S/c1-3-4-5-6-9(2,7)8/h1H,2,4-6H2. The normalized spacial score (nSPS) is 10.7. The van der Waals surface area contributed by atoms with E-state index in [1.54, 1.807) is 0 Å². The lowest BCUT2D eigenvalue weighted by Crippen LogP contribution is -1.99. The Morgan fingerprint density at radius 3 is 2.44 bits per heavy atom. The summed E-state index contributed by atoms with van der Waals surface area (Å²) in [5.41, 5.74) is 0. The summed E-state index contributed by atoms with van der Waals surface area (Å²) in [6.07, 6.45) is 8.86. The van der Waals surface area contributed by atoms with E-state index in [0.29, 0.717) is 12.8 Å². The molecule has 0 aliphatic heterocycles. The topological polar surface area (TPSA) is 34.1 Å². The van der Waals surface area contributed by atoms with Crippen molar-refractivity contribution < 1.29 is 8.42 Å². The largest absolute Gasteiger partial charge is 0.229 e. The molecule has 3 heteroatoms. The van der Waals surface area contributed by atoms with Crippen molar-refractivity contribution in [2.45, 2.75) is 12.8 Å². The molecular formula is C6H9O2S. The van der Waals surface area contributed by atoms with E-state index in [2.05, 4.69) is 12.2 Å². The first kappa shape index (κ1) is 8.51. The Hall–Kier alpha value is -0.490. The quantitative estimate of drug-likeness (QED) is 0.430. The number of hydrogen-bond donors (Lipinski definition) is 0. The molecule has 0 saturated carbocycles. The van der Waals surface area contributed by atoms with Crippen molar-refractivity contribution in [3.05, 3.63) is 6.26 Å². The molecule has 0 heterocycles. The molecule has 0 unspecified atom stereocenters. The lowest BCUT2D eigenvalue weighted by atomic mass is 10.4. The minimum absolute atomic E-state index is 0.0944. The van der Waals surface area contributed by atoms with Gasteiger partial charge in [-0.3, -0.25) is 0 Å². The molecule has 0 rings (SSSR count). The Balaban J connectivity index is 3.44. The molecule has 0 aliphatic carbocycles. The van der Waals surface area contributed by atoms with Crippen molar-refractivity contribution >= 4 is 9.84 Å². The molecule has 0 fully saturated rings.